The molecule has 0 amide bonds. The lowest BCUT2D eigenvalue weighted by Crippen LogP contribution is -2.51. The van der Waals surface area contributed by atoms with Crippen LogP contribution in [0.3, 0.4) is 0 Å². The third-order valence-electron chi connectivity index (χ3n) is 3.66. The van der Waals surface area contributed by atoms with Crippen molar-refractivity contribution in [1.82, 2.24) is 5.32 Å². The second kappa shape index (κ2) is 6.80. The SMILES string of the molecule is COC(=O)C(C)(CCSC(C)C(C)C)NC1CC1. The fourth-order valence-corrected chi connectivity index (χ4v) is 3.06. The van der Waals surface area contributed by atoms with Crippen molar-refractivity contribution in [3.63, 3.8) is 0 Å². The summed E-state index contributed by atoms with van der Waals surface area (Å²) in [6.45, 7) is 8.69. The smallest absolute Gasteiger partial charge is 0.325 e. The molecule has 2 atom stereocenters. The van der Waals surface area contributed by atoms with Crippen molar-refractivity contribution in [3.8, 4) is 0 Å². The molecule has 0 heterocycles. The highest BCUT2D eigenvalue weighted by molar-refractivity contribution is 7.99. The van der Waals surface area contributed by atoms with E-state index in [4.69, 9.17) is 4.74 Å². The molecule has 3 nitrogen and oxygen atoms in total. The van der Waals surface area contributed by atoms with Gasteiger partial charge in [0.2, 0.25) is 0 Å². The number of hydrogen-bond donors (Lipinski definition) is 1. The van der Waals surface area contributed by atoms with E-state index in [0.29, 0.717) is 17.2 Å². The first-order chi connectivity index (χ1) is 8.39. The molecular formula is C14H27NO2S. The molecule has 0 spiro atoms. The number of carbonyl (C=O) groups is 1. The second-order valence-electron chi connectivity index (χ2n) is 5.81. The Kier molecular flexibility index (Phi) is 5.99. The molecule has 0 aromatic carbocycles. The summed E-state index contributed by atoms with van der Waals surface area (Å²) < 4.78 is 4.94. The van der Waals surface area contributed by atoms with Crippen LogP contribution in [0.4, 0.5) is 0 Å². The maximum Gasteiger partial charge on any atom is 0.325 e. The predicted octanol–water partition coefficient (Wildman–Crippen LogP) is 2.84. The maximum atomic E-state index is 11.9. The van der Waals surface area contributed by atoms with E-state index < -0.39 is 5.54 Å². The topological polar surface area (TPSA) is 38.3 Å². The molecule has 1 rings (SSSR count). The monoisotopic (exact) mass is 273 g/mol. The van der Waals surface area contributed by atoms with Crippen LogP contribution in [0.2, 0.25) is 0 Å². The van der Waals surface area contributed by atoms with E-state index >= 15 is 0 Å². The van der Waals surface area contributed by atoms with Crippen LogP contribution in [0, 0.1) is 5.92 Å². The Morgan fingerprint density at radius 1 is 1.44 bits per heavy atom. The lowest BCUT2D eigenvalue weighted by atomic mass is 9.99. The average molecular weight is 273 g/mol. The lowest BCUT2D eigenvalue weighted by Gasteiger charge is -2.28. The zero-order valence-electron chi connectivity index (χ0n) is 12.3. The Labute approximate surface area is 115 Å². The molecule has 0 saturated heterocycles. The zero-order chi connectivity index (χ0) is 13.8. The molecule has 4 heteroatoms. The van der Waals surface area contributed by atoms with Crippen LogP contribution in [-0.4, -0.2) is 35.7 Å². The van der Waals surface area contributed by atoms with Crippen LogP contribution in [0.5, 0.6) is 0 Å². The molecule has 0 bridgehead atoms. The number of esters is 1. The molecule has 0 radical (unpaired) electrons. The van der Waals surface area contributed by atoms with E-state index in [1.165, 1.54) is 20.0 Å². The van der Waals surface area contributed by atoms with Crippen molar-refractivity contribution in [3.05, 3.63) is 0 Å². The fraction of sp³-hybridized carbons (Fsp3) is 0.929. The van der Waals surface area contributed by atoms with Gasteiger partial charge in [-0.25, -0.2) is 0 Å². The Balaban J connectivity index is 2.43. The molecular weight excluding hydrogens is 246 g/mol. The highest BCUT2D eigenvalue weighted by atomic mass is 32.2. The van der Waals surface area contributed by atoms with E-state index in [0.717, 1.165) is 12.2 Å². The number of rotatable bonds is 8. The highest BCUT2D eigenvalue weighted by Crippen LogP contribution is 2.27. The minimum atomic E-state index is -0.514. The van der Waals surface area contributed by atoms with Crippen molar-refractivity contribution in [2.45, 2.75) is 63.8 Å². The van der Waals surface area contributed by atoms with Crippen molar-refractivity contribution >= 4 is 17.7 Å². The van der Waals surface area contributed by atoms with Crippen LogP contribution in [0.15, 0.2) is 0 Å². The normalized spacial score (nSPS) is 20.6. The summed E-state index contributed by atoms with van der Waals surface area (Å²) in [5.41, 5.74) is -0.514. The summed E-state index contributed by atoms with van der Waals surface area (Å²) in [6.07, 6.45) is 3.20. The molecule has 0 aliphatic heterocycles. The minimum absolute atomic E-state index is 0.132. The molecule has 1 fully saturated rings. The zero-order valence-corrected chi connectivity index (χ0v) is 13.1. The third-order valence-corrected chi connectivity index (χ3v) is 5.17. The van der Waals surface area contributed by atoms with Gasteiger partial charge in [0.1, 0.15) is 5.54 Å². The van der Waals surface area contributed by atoms with E-state index in [1.807, 2.05) is 18.7 Å². The Morgan fingerprint density at radius 3 is 2.50 bits per heavy atom. The third kappa shape index (κ3) is 4.81. The van der Waals surface area contributed by atoms with Crippen LogP contribution in [-0.2, 0) is 9.53 Å². The van der Waals surface area contributed by atoms with Gasteiger partial charge in [-0.15, -0.1) is 0 Å². The molecule has 2 unspecified atom stereocenters. The predicted molar refractivity (Wildman–Crippen MR) is 78.0 cm³/mol. The first-order valence-electron chi connectivity index (χ1n) is 6.86. The quantitative estimate of drug-likeness (QED) is 0.690. The van der Waals surface area contributed by atoms with E-state index in [9.17, 15) is 4.79 Å². The molecule has 1 aliphatic carbocycles. The standard InChI is InChI=1S/C14H27NO2S/c1-10(2)11(3)18-9-8-14(4,13(16)17-5)15-12-6-7-12/h10-12,15H,6-9H2,1-5H3. The molecule has 1 N–H and O–H groups in total. The van der Waals surface area contributed by atoms with Gasteiger partial charge in [0, 0.05) is 11.3 Å². The molecule has 1 saturated carbocycles. The molecule has 0 aromatic heterocycles. The van der Waals surface area contributed by atoms with Gasteiger partial charge in [0.15, 0.2) is 0 Å². The maximum absolute atomic E-state index is 11.9. The largest absolute Gasteiger partial charge is 0.468 e. The van der Waals surface area contributed by atoms with Gasteiger partial charge in [-0.2, -0.15) is 11.8 Å². The summed E-state index contributed by atoms with van der Waals surface area (Å²) in [4.78, 5) is 11.9. The molecule has 106 valence electrons. The highest BCUT2D eigenvalue weighted by Gasteiger charge is 2.39. The Hall–Kier alpha value is -0.220. The number of ether oxygens (including phenoxy) is 1. The van der Waals surface area contributed by atoms with Gasteiger partial charge < -0.3 is 4.74 Å². The van der Waals surface area contributed by atoms with Crippen LogP contribution in [0.1, 0.15) is 47.0 Å². The summed E-state index contributed by atoms with van der Waals surface area (Å²) in [6, 6.07) is 0.515. The van der Waals surface area contributed by atoms with E-state index in [1.54, 1.807) is 0 Å². The van der Waals surface area contributed by atoms with Gasteiger partial charge in [0.05, 0.1) is 7.11 Å². The fourth-order valence-electron chi connectivity index (χ4n) is 1.78. The summed E-state index contributed by atoms with van der Waals surface area (Å²) in [5, 5.41) is 4.07. The van der Waals surface area contributed by atoms with Crippen molar-refractivity contribution in [2.75, 3.05) is 12.9 Å². The van der Waals surface area contributed by atoms with Crippen molar-refractivity contribution < 1.29 is 9.53 Å². The van der Waals surface area contributed by atoms with E-state index in [2.05, 4.69) is 26.1 Å². The number of methoxy groups -OCH3 is 1. The van der Waals surface area contributed by atoms with Crippen LogP contribution < -0.4 is 5.32 Å². The van der Waals surface area contributed by atoms with Crippen LogP contribution >= 0.6 is 11.8 Å². The van der Waals surface area contributed by atoms with E-state index in [-0.39, 0.29) is 5.97 Å². The van der Waals surface area contributed by atoms with Gasteiger partial charge in [0.25, 0.3) is 0 Å². The van der Waals surface area contributed by atoms with Gasteiger partial charge >= 0.3 is 5.97 Å². The summed E-state index contributed by atoms with van der Waals surface area (Å²) in [5.74, 6) is 1.54. The first-order valence-corrected chi connectivity index (χ1v) is 7.91. The summed E-state index contributed by atoms with van der Waals surface area (Å²) in [7, 11) is 1.47. The Morgan fingerprint density at radius 2 is 2.06 bits per heavy atom. The summed E-state index contributed by atoms with van der Waals surface area (Å²) >= 11 is 1.94. The van der Waals surface area contributed by atoms with Gasteiger partial charge in [-0.05, 0) is 37.9 Å². The second-order valence-corrected chi connectivity index (χ2v) is 7.30. The average Bonchev–Trinajstić information content (AvgIpc) is 3.11. The lowest BCUT2D eigenvalue weighted by molar-refractivity contribution is -0.148. The number of thioether (sulfide) groups is 1. The Bertz CT molecular complexity index is 279. The first kappa shape index (κ1) is 15.8. The molecule has 1 aliphatic rings. The van der Waals surface area contributed by atoms with Crippen molar-refractivity contribution in [2.24, 2.45) is 5.92 Å². The van der Waals surface area contributed by atoms with Crippen LogP contribution in [0.25, 0.3) is 0 Å². The number of carbonyl (C=O) groups excluding carboxylic acids is 1. The van der Waals surface area contributed by atoms with Gasteiger partial charge in [-0.3, -0.25) is 10.1 Å². The molecule has 0 aromatic rings. The van der Waals surface area contributed by atoms with Crippen molar-refractivity contribution in [1.29, 1.82) is 0 Å². The number of nitrogens with one attached hydrogen (secondary N) is 1. The number of hydrogen-bond acceptors (Lipinski definition) is 4. The van der Waals surface area contributed by atoms with Gasteiger partial charge in [-0.1, -0.05) is 20.8 Å². The molecule has 18 heavy (non-hydrogen) atoms. The minimum Gasteiger partial charge on any atom is -0.468 e.